The fourth-order valence-corrected chi connectivity index (χ4v) is 3.10. The molecule has 0 bridgehead atoms. The molecular formula is C18H20N2O2. The van der Waals surface area contributed by atoms with Gasteiger partial charge in [0.2, 0.25) is 5.91 Å². The average Bonchev–Trinajstić information content (AvgIpc) is 2.91. The minimum atomic E-state index is -0.282. The number of carbonyl (C=O) groups is 1. The van der Waals surface area contributed by atoms with Crippen LogP contribution in [0.5, 0.6) is 5.75 Å². The Balaban J connectivity index is 2.11. The van der Waals surface area contributed by atoms with Gasteiger partial charge in [-0.2, -0.15) is 0 Å². The van der Waals surface area contributed by atoms with Crippen LogP contribution in [0.1, 0.15) is 33.9 Å². The lowest BCUT2D eigenvalue weighted by Gasteiger charge is -2.21. The summed E-state index contributed by atoms with van der Waals surface area (Å²) in [5.74, 6) is 0.822. The van der Waals surface area contributed by atoms with E-state index in [2.05, 4.69) is 5.32 Å². The first kappa shape index (κ1) is 14.6. The van der Waals surface area contributed by atoms with E-state index in [1.54, 1.807) is 7.11 Å². The van der Waals surface area contributed by atoms with Crippen LogP contribution in [0.3, 0.4) is 0 Å². The number of nitrogens with two attached hydrogens (primary N) is 1. The second-order valence-corrected chi connectivity index (χ2v) is 5.69. The molecule has 3 rings (SSSR count). The van der Waals surface area contributed by atoms with Crippen LogP contribution in [-0.4, -0.2) is 13.0 Å². The lowest BCUT2D eigenvalue weighted by molar-refractivity contribution is -0.115. The van der Waals surface area contributed by atoms with Crippen LogP contribution in [-0.2, 0) is 11.2 Å². The minimum absolute atomic E-state index is 0.0421. The van der Waals surface area contributed by atoms with E-state index in [9.17, 15) is 4.79 Å². The number of hydrogen-bond donors (Lipinski definition) is 2. The Morgan fingerprint density at radius 3 is 2.64 bits per heavy atom. The Morgan fingerprint density at radius 2 is 1.91 bits per heavy atom. The van der Waals surface area contributed by atoms with Gasteiger partial charge in [0, 0.05) is 11.3 Å². The molecule has 1 amide bonds. The van der Waals surface area contributed by atoms with Gasteiger partial charge >= 0.3 is 0 Å². The Kier molecular flexibility index (Phi) is 3.62. The zero-order valence-electron chi connectivity index (χ0n) is 13.1. The summed E-state index contributed by atoms with van der Waals surface area (Å²) in [6.07, 6.45) is 0.419. The summed E-state index contributed by atoms with van der Waals surface area (Å²) < 4.78 is 5.42. The van der Waals surface area contributed by atoms with Crippen molar-refractivity contribution in [3.63, 3.8) is 0 Å². The number of benzene rings is 2. The van der Waals surface area contributed by atoms with E-state index in [1.165, 1.54) is 0 Å². The first-order chi connectivity index (χ1) is 10.5. The van der Waals surface area contributed by atoms with Crippen molar-refractivity contribution in [1.82, 2.24) is 0 Å². The molecule has 0 fully saturated rings. The van der Waals surface area contributed by atoms with E-state index in [-0.39, 0.29) is 11.9 Å². The molecule has 1 aliphatic rings. The molecule has 1 aliphatic heterocycles. The highest BCUT2D eigenvalue weighted by molar-refractivity contribution is 6.00. The van der Waals surface area contributed by atoms with Crippen molar-refractivity contribution in [3.05, 3.63) is 58.1 Å². The van der Waals surface area contributed by atoms with Crippen molar-refractivity contribution in [2.24, 2.45) is 5.73 Å². The van der Waals surface area contributed by atoms with Gasteiger partial charge in [-0.25, -0.2) is 0 Å². The molecule has 2 aromatic rings. The van der Waals surface area contributed by atoms with Crippen LogP contribution >= 0.6 is 0 Å². The van der Waals surface area contributed by atoms with Crippen molar-refractivity contribution in [2.75, 3.05) is 12.4 Å². The van der Waals surface area contributed by atoms with E-state index in [1.807, 2.05) is 44.2 Å². The molecule has 22 heavy (non-hydrogen) atoms. The number of para-hydroxylation sites is 1. The topological polar surface area (TPSA) is 64.3 Å². The fourth-order valence-electron chi connectivity index (χ4n) is 3.10. The van der Waals surface area contributed by atoms with E-state index in [0.29, 0.717) is 6.42 Å². The van der Waals surface area contributed by atoms with Crippen molar-refractivity contribution >= 4 is 11.6 Å². The molecule has 0 saturated carbocycles. The summed E-state index contributed by atoms with van der Waals surface area (Å²) in [5.41, 5.74) is 12.7. The first-order valence-electron chi connectivity index (χ1n) is 7.34. The zero-order valence-corrected chi connectivity index (χ0v) is 13.1. The highest BCUT2D eigenvalue weighted by Crippen LogP contribution is 2.36. The lowest BCUT2D eigenvalue weighted by Crippen LogP contribution is -2.15. The number of rotatable bonds is 3. The van der Waals surface area contributed by atoms with Crippen molar-refractivity contribution in [2.45, 2.75) is 26.3 Å². The molecule has 4 heteroatoms. The van der Waals surface area contributed by atoms with Crippen LogP contribution < -0.4 is 15.8 Å². The summed E-state index contributed by atoms with van der Waals surface area (Å²) in [4.78, 5) is 11.7. The smallest absolute Gasteiger partial charge is 0.228 e. The third-order valence-corrected chi connectivity index (χ3v) is 4.45. The van der Waals surface area contributed by atoms with E-state index in [4.69, 9.17) is 10.5 Å². The lowest BCUT2D eigenvalue weighted by atomic mass is 9.90. The van der Waals surface area contributed by atoms with Gasteiger partial charge in [-0.3, -0.25) is 4.79 Å². The molecule has 0 saturated heterocycles. The minimum Gasteiger partial charge on any atom is -0.496 e. The molecule has 4 nitrogen and oxygen atoms in total. The molecule has 0 spiro atoms. The molecule has 0 aliphatic carbocycles. The molecule has 1 heterocycles. The van der Waals surface area contributed by atoms with Crippen molar-refractivity contribution in [1.29, 1.82) is 0 Å². The molecular weight excluding hydrogens is 276 g/mol. The monoisotopic (exact) mass is 296 g/mol. The fraction of sp³-hybridized carbons (Fsp3) is 0.278. The summed E-state index contributed by atoms with van der Waals surface area (Å²) in [7, 11) is 1.65. The van der Waals surface area contributed by atoms with Gasteiger partial charge in [-0.1, -0.05) is 24.3 Å². The Morgan fingerprint density at radius 1 is 1.18 bits per heavy atom. The van der Waals surface area contributed by atoms with E-state index >= 15 is 0 Å². The second-order valence-electron chi connectivity index (χ2n) is 5.69. The van der Waals surface area contributed by atoms with Crippen molar-refractivity contribution in [3.8, 4) is 5.75 Å². The quantitative estimate of drug-likeness (QED) is 0.915. The third-order valence-electron chi connectivity index (χ3n) is 4.45. The number of ether oxygens (including phenoxy) is 1. The Labute approximate surface area is 130 Å². The molecule has 0 radical (unpaired) electrons. The van der Waals surface area contributed by atoms with Gasteiger partial charge in [0.25, 0.3) is 0 Å². The largest absolute Gasteiger partial charge is 0.496 e. The van der Waals surface area contributed by atoms with Gasteiger partial charge in [0.1, 0.15) is 5.75 Å². The summed E-state index contributed by atoms with van der Waals surface area (Å²) in [5, 5.41) is 2.93. The van der Waals surface area contributed by atoms with Crippen LogP contribution in [0.25, 0.3) is 0 Å². The van der Waals surface area contributed by atoms with E-state index < -0.39 is 0 Å². The number of hydrogen-bond acceptors (Lipinski definition) is 3. The molecule has 3 N–H and O–H groups in total. The van der Waals surface area contributed by atoms with Gasteiger partial charge in [-0.15, -0.1) is 0 Å². The number of amides is 1. The molecule has 0 aromatic heterocycles. The van der Waals surface area contributed by atoms with Gasteiger partial charge in [0.05, 0.1) is 19.6 Å². The maximum absolute atomic E-state index is 11.7. The third kappa shape index (κ3) is 2.25. The zero-order chi connectivity index (χ0) is 15.9. The van der Waals surface area contributed by atoms with Gasteiger partial charge in [-0.05, 0) is 42.2 Å². The standard InChI is InChI=1S/C18H20N2O2/c1-10-11(2)18-12(9-16(21)20-18)8-14(10)17(19)13-6-4-5-7-15(13)22-3/h4-8,17H,9,19H2,1-3H3,(H,20,21). The maximum atomic E-state index is 11.7. The molecule has 114 valence electrons. The molecule has 1 unspecified atom stereocenters. The average molecular weight is 296 g/mol. The number of nitrogens with one attached hydrogen (secondary N) is 1. The second kappa shape index (κ2) is 5.46. The predicted octanol–water partition coefficient (Wildman–Crippen LogP) is 2.85. The molecule has 1 atom stereocenters. The van der Waals surface area contributed by atoms with E-state index in [0.717, 1.165) is 39.3 Å². The van der Waals surface area contributed by atoms with Crippen LogP contribution in [0.4, 0.5) is 5.69 Å². The SMILES string of the molecule is COc1ccccc1C(N)c1cc2c(c(C)c1C)NC(=O)C2. The Hall–Kier alpha value is -2.33. The van der Waals surface area contributed by atoms with Crippen LogP contribution in [0, 0.1) is 13.8 Å². The molecule has 2 aromatic carbocycles. The van der Waals surface area contributed by atoms with Crippen LogP contribution in [0.2, 0.25) is 0 Å². The first-order valence-corrected chi connectivity index (χ1v) is 7.34. The number of anilines is 1. The van der Waals surface area contributed by atoms with Gasteiger partial charge in [0.15, 0.2) is 0 Å². The van der Waals surface area contributed by atoms with Crippen LogP contribution in [0.15, 0.2) is 30.3 Å². The number of carbonyl (C=O) groups excluding carboxylic acids is 1. The maximum Gasteiger partial charge on any atom is 0.228 e. The Bertz CT molecular complexity index is 753. The summed E-state index contributed by atoms with van der Waals surface area (Å²) in [6.45, 7) is 4.07. The highest BCUT2D eigenvalue weighted by atomic mass is 16.5. The van der Waals surface area contributed by atoms with Crippen molar-refractivity contribution < 1.29 is 9.53 Å². The normalized spacial score (nSPS) is 14.5. The summed E-state index contributed by atoms with van der Waals surface area (Å²) in [6, 6.07) is 9.55. The highest BCUT2D eigenvalue weighted by Gasteiger charge is 2.25. The number of fused-ring (bicyclic) bond motifs is 1. The summed E-state index contributed by atoms with van der Waals surface area (Å²) >= 11 is 0. The van der Waals surface area contributed by atoms with Gasteiger partial charge < -0.3 is 15.8 Å². The number of methoxy groups -OCH3 is 1. The predicted molar refractivity (Wildman–Crippen MR) is 87.3 cm³/mol.